The smallest absolute Gasteiger partial charge is 0.416 e. The van der Waals surface area contributed by atoms with Gasteiger partial charge in [0.25, 0.3) is 5.91 Å². The fourth-order valence-electron chi connectivity index (χ4n) is 2.91. The Balaban J connectivity index is 1.66. The molecule has 1 N–H and O–H groups in total. The van der Waals surface area contributed by atoms with E-state index in [1.165, 1.54) is 7.11 Å². The molecule has 1 aliphatic heterocycles. The molecule has 8 heteroatoms. The van der Waals surface area contributed by atoms with Crippen molar-refractivity contribution in [1.82, 2.24) is 5.32 Å². The highest BCUT2D eigenvalue weighted by Gasteiger charge is 2.33. The van der Waals surface area contributed by atoms with Crippen LogP contribution < -0.4 is 15.0 Å². The van der Waals surface area contributed by atoms with E-state index in [4.69, 9.17) is 4.74 Å². The quantitative estimate of drug-likeness (QED) is 0.889. The lowest BCUT2D eigenvalue weighted by Gasteiger charge is -2.18. The molecular formula is C19H17F3N2O3. The second-order valence-corrected chi connectivity index (χ2v) is 6.16. The Morgan fingerprint density at radius 1 is 1.19 bits per heavy atom. The Kier molecular flexibility index (Phi) is 5.07. The van der Waals surface area contributed by atoms with Crippen molar-refractivity contribution in [3.63, 3.8) is 0 Å². The van der Waals surface area contributed by atoms with Crippen LogP contribution in [0.25, 0.3) is 0 Å². The molecule has 2 amide bonds. The summed E-state index contributed by atoms with van der Waals surface area (Å²) in [5, 5.41) is 2.70. The Bertz CT molecular complexity index is 850. The van der Waals surface area contributed by atoms with Crippen molar-refractivity contribution in [3.05, 3.63) is 59.7 Å². The second-order valence-electron chi connectivity index (χ2n) is 6.16. The maximum Gasteiger partial charge on any atom is 0.416 e. The van der Waals surface area contributed by atoms with Crippen LogP contribution >= 0.6 is 0 Å². The summed E-state index contributed by atoms with van der Waals surface area (Å²) in [5.74, 6) is -0.0625. The van der Waals surface area contributed by atoms with Crippen molar-refractivity contribution < 1.29 is 27.5 Å². The van der Waals surface area contributed by atoms with Crippen LogP contribution in [0.4, 0.5) is 18.9 Å². The molecule has 3 rings (SSSR count). The van der Waals surface area contributed by atoms with Gasteiger partial charge in [-0.2, -0.15) is 13.2 Å². The summed E-state index contributed by atoms with van der Waals surface area (Å²) in [5.41, 5.74) is -0.0554. The van der Waals surface area contributed by atoms with Gasteiger partial charge in [0.2, 0.25) is 5.91 Å². The predicted octanol–water partition coefficient (Wildman–Crippen LogP) is 3.25. The summed E-state index contributed by atoms with van der Waals surface area (Å²) in [6.45, 7) is 0.276. The van der Waals surface area contributed by atoms with Crippen molar-refractivity contribution in [3.8, 4) is 5.75 Å². The van der Waals surface area contributed by atoms with Crippen LogP contribution in [0.1, 0.15) is 22.3 Å². The van der Waals surface area contributed by atoms with Crippen LogP contribution in [0.5, 0.6) is 5.75 Å². The van der Waals surface area contributed by atoms with E-state index in [1.807, 2.05) is 0 Å². The molecule has 0 aliphatic carbocycles. The van der Waals surface area contributed by atoms with Crippen molar-refractivity contribution in [2.45, 2.75) is 18.6 Å². The topological polar surface area (TPSA) is 58.6 Å². The highest BCUT2D eigenvalue weighted by Crippen LogP contribution is 2.29. The summed E-state index contributed by atoms with van der Waals surface area (Å²) in [7, 11) is 1.53. The molecule has 0 radical (unpaired) electrons. The number of carbonyl (C=O) groups excluding carboxylic acids is 2. The molecule has 0 unspecified atom stereocenters. The van der Waals surface area contributed by atoms with Gasteiger partial charge in [-0.25, -0.2) is 0 Å². The molecule has 0 bridgehead atoms. The highest BCUT2D eigenvalue weighted by atomic mass is 19.4. The minimum atomic E-state index is -4.45. The van der Waals surface area contributed by atoms with E-state index in [-0.39, 0.29) is 24.4 Å². The molecule has 1 aliphatic rings. The standard InChI is InChI=1S/C19H17F3N2O3/c1-27-16-4-2-3-15(10-16)24-11-14(9-17(24)25)23-18(26)12-5-7-13(8-6-12)19(20,21)22/h2-8,10,14H,9,11H2,1H3,(H,23,26)/t14-/m0/s1. The lowest BCUT2D eigenvalue weighted by atomic mass is 10.1. The van der Waals surface area contributed by atoms with Crippen LogP contribution in [-0.2, 0) is 11.0 Å². The third-order valence-corrected chi connectivity index (χ3v) is 4.30. The number of anilines is 1. The molecule has 2 aromatic rings. The first-order chi connectivity index (χ1) is 12.8. The van der Waals surface area contributed by atoms with Gasteiger partial charge >= 0.3 is 6.18 Å². The van der Waals surface area contributed by atoms with Crippen molar-refractivity contribution >= 4 is 17.5 Å². The van der Waals surface area contributed by atoms with Crippen LogP contribution in [0, 0.1) is 0 Å². The number of nitrogens with zero attached hydrogens (tertiary/aromatic N) is 1. The van der Waals surface area contributed by atoms with Crippen LogP contribution in [0.15, 0.2) is 48.5 Å². The number of methoxy groups -OCH3 is 1. The lowest BCUT2D eigenvalue weighted by molar-refractivity contribution is -0.137. The predicted molar refractivity (Wildman–Crippen MR) is 92.7 cm³/mol. The maximum atomic E-state index is 12.6. The minimum Gasteiger partial charge on any atom is -0.497 e. The Labute approximate surface area is 153 Å². The number of benzene rings is 2. The molecule has 0 aromatic heterocycles. The molecule has 0 saturated carbocycles. The molecular weight excluding hydrogens is 361 g/mol. The highest BCUT2D eigenvalue weighted by molar-refractivity contribution is 5.99. The molecule has 27 heavy (non-hydrogen) atoms. The Hall–Kier alpha value is -3.03. The first kappa shape index (κ1) is 18.8. The summed E-state index contributed by atoms with van der Waals surface area (Å²) in [4.78, 5) is 26.1. The van der Waals surface area contributed by atoms with E-state index in [2.05, 4.69) is 5.32 Å². The average Bonchev–Trinajstić information content (AvgIpc) is 3.01. The fraction of sp³-hybridized carbons (Fsp3) is 0.263. The summed E-state index contributed by atoms with van der Waals surface area (Å²) < 4.78 is 42.9. The number of hydrogen-bond acceptors (Lipinski definition) is 3. The van der Waals surface area contributed by atoms with Gasteiger partial charge in [0, 0.05) is 30.3 Å². The first-order valence-electron chi connectivity index (χ1n) is 8.20. The van der Waals surface area contributed by atoms with E-state index >= 15 is 0 Å². The zero-order valence-electron chi connectivity index (χ0n) is 14.4. The van der Waals surface area contributed by atoms with Gasteiger partial charge in [0.15, 0.2) is 0 Å². The molecule has 1 fully saturated rings. The van der Waals surface area contributed by atoms with E-state index in [0.717, 1.165) is 24.3 Å². The number of nitrogens with one attached hydrogen (secondary N) is 1. The maximum absolute atomic E-state index is 12.6. The number of carbonyl (C=O) groups is 2. The van der Waals surface area contributed by atoms with Crippen molar-refractivity contribution in [2.24, 2.45) is 0 Å². The Morgan fingerprint density at radius 3 is 2.52 bits per heavy atom. The van der Waals surface area contributed by atoms with Crippen LogP contribution in [0.2, 0.25) is 0 Å². The zero-order chi connectivity index (χ0) is 19.6. The molecule has 2 aromatic carbocycles. The van der Waals surface area contributed by atoms with E-state index in [9.17, 15) is 22.8 Å². The summed E-state index contributed by atoms with van der Waals surface area (Å²) in [6, 6.07) is 10.5. The third-order valence-electron chi connectivity index (χ3n) is 4.30. The van der Waals surface area contributed by atoms with Gasteiger partial charge in [-0.1, -0.05) is 6.07 Å². The Morgan fingerprint density at radius 2 is 1.89 bits per heavy atom. The third kappa shape index (κ3) is 4.21. The molecule has 0 spiro atoms. The normalized spacial score (nSPS) is 17.1. The lowest BCUT2D eigenvalue weighted by Crippen LogP contribution is -2.37. The van der Waals surface area contributed by atoms with Gasteiger partial charge in [-0.3, -0.25) is 9.59 Å². The number of halogens is 3. The van der Waals surface area contributed by atoms with E-state index in [1.54, 1.807) is 29.2 Å². The average molecular weight is 378 g/mol. The van der Waals surface area contributed by atoms with Gasteiger partial charge in [0.1, 0.15) is 5.75 Å². The van der Waals surface area contributed by atoms with E-state index in [0.29, 0.717) is 11.4 Å². The largest absolute Gasteiger partial charge is 0.497 e. The van der Waals surface area contributed by atoms with Crippen LogP contribution in [-0.4, -0.2) is 31.5 Å². The summed E-state index contributed by atoms with van der Waals surface area (Å²) in [6.07, 6.45) is -4.34. The fourth-order valence-corrected chi connectivity index (χ4v) is 2.91. The second kappa shape index (κ2) is 7.30. The molecule has 142 valence electrons. The van der Waals surface area contributed by atoms with Gasteiger partial charge in [0.05, 0.1) is 18.7 Å². The van der Waals surface area contributed by atoms with Crippen molar-refractivity contribution in [1.29, 1.82) is 0 Å². The van der Waals surface area contributed by atoms with Crippen LogP contribution in [0.3, 0.4) is 0 Å². The molecule has 5 nitrogen and oxygen atoms in total. The summed E-state index contributed by atoms with van der Waals surface area (Å²) >= 11 is 0. The van der Waals surface area contributed by atoms with Gasteiger partial charge in [-0.05, 0) is 36.4 Å². The number of alkyl halides is 3. The number of amides is 2. The monoisotopic (exact) mass is 378 g/mol. The number of rotatable bonds is 4. The minimum absolute atomic E-state index is 0.107. The number of ether oxygens (including phenoxy) is 1. The SMILES string of the molecule is COc1cccc(N2C[C@@H](NC(=O)c3ccc(C(F)(F)F)cc3)CC2=O)c1. The zero-order valence-corrected chi connectivity index (χ0v) is 14.4. The first-order valence-corrected chi connectivity index (χ1v) is 8.20. The molecule has 1 saturated heterocycles. The number of hydrogen-bond donors (Lipinski definition) is 1. The molecule has 1 atom stereocenters. The van der Waals surface area contributed by atoms with Gasteiger partial charge < -0.3 is 15.0 Å². The van der Waals surface area contributed by atoms with E-state index < -0.39 is 23.7 Å². The van der Waals surface area contributed by atoms with Gasteiger partial charge in [-0.15, -0.1) is 0 Å². The molecule has 1 heterocycles. The van der Waals surface area contributed by atoms with Crippen molar-refractivity contribution in [2.75, 3.05) is 18.6 Å².